The minimum absolute atomic E-state index is 0.0733. The number of hydroxylamine groups is 2. The van der Waals surface area contributed by atoms with Gasteiger partial charge in [0.15, 0.2) is 0 Å². The molecule has 0 aromatic heterocycles. The Hall–Kier alpha value is -3.03. The summed E-state index contributed by atoms with van der Waals surface area (Å²) in [6, 6.07) is 27.5. The van der Waals surface area contributed by atoms with Crippen molar-refractivity contribution in [2.24, 2.45) is 23.2 Å². The Bertz CT molecular complexity index is 1640. The zero-order valence-corrected chi connectivity index (χ0v) is 32.7. The van der Waals surface area contributed by atoms with Gasteiger partial charge in [0.25, 0.3) is 0 Å². The SMILES string of the molecule is C=Cc1ccc(C2(O)CC(C)(C)N(OC(COC(=O)c3ccccc3)c3ccc([Si](C)(C)CC4CC[C@H]5C[C@@H]4C5(C)C)cc3)C(C)(C)C2)cc1. The second-order valence-corrected chi connectivity index (χ2v) is 22.9. The van der Waals surface area contributed by atoms with Crippen LogP contribution < -0.4 is 5.19 Å². The van der Waals surface area contributed by atoms with E-state index in [-0.39, 0.29) is 12.6 Å². The van der Waals surface area contributed by atoms with Crippen LogP contribution in [0.5, 0.6) is 0 Å². The van der Waals surface area contributed by atoms with Gasteiger partial charge in [-0.15, -0.1) is 0 Å². The monoisotopic (exact) mass is 693 g/mol. The van der Waals surface area contributed by atoms with Crippen LogP contribution in [0, 0.1) is 23.2 Å². The van der Waals surface area contributed by atoms with Gasteiger partial charge < -0.3 is 9.84 Å². The smallest absolute Gasteiger partial charge is 0.338 e. The number of fused-ring (bicyclic) bond motifs is 2. The van der Waals surface area contributed by atoms with Gasteiger partial charge in [0.1, 0.15) is 12.7 Å². The molecule has 4 fully saturated rings. The first-order valence-electron chi connectivity index (χ1n) is 18.7. The molecule has 6 heteroatoms. The van der Waals surface area contributed by atoms with Crippen LogP contribution in [0.2, 0.25) is 19.1 Å². The molecule has 1 saturated heterocycles. The predicted molar refractivity (Wildman–Crippen MR) is 207 cm³/mol. The van der Waals surface area contributed by atoms with Gasteiger partial charge in [-0.25, -0.2) is 4.79 Å². The summed E-state index contributed by atoms with van der Waals surface area (Å²) in [6.45, 7) is 22.5. The molecule has 7 rings (SSSR count). The number of carbonyl (C=O) groups excluding carboxylic acids is 1. The van der Waals surface area contributed by atoms with E-state index in [1.54, 1.807) is 12.1 Å². The third kappa shape index (κ3) is 7.19. The van der Waals surface area contributed by atoms with E-state index in [4.69, 9.17) is 9.57 Å². The highest BCUT2D eigenvalue weighted by Gasteiger charge is 2.55. The van der Waals surface area contributed by atoms with Crippen LogP contribution in [-0.2, 0) is 15.2 Å². The molecule has 3 aromatic carbocycles. The Kier molecular flexibility index (Phi) is 9.92. The zero-order chi connectivity index (χ0) is 36.1. The molecular formula is C44H59NO4Si. The van der Waals surface area contributed by atoms with E-state index >= 15 is 0 Å². The van der Waals surface area contributed by atoms with E-state index in [9.17, 15) is 9.90 Å². The maximum atomic E-state index is 13.1. The number of ether oxygens (including phenoxy) is 1. The summed E-state index contributed by atoms with van der Waals surface area (Å²) >= 11 is 0. The lowest BCUT2D eigenvalue weighted by molar-refractivity contribution is -0.332. The Balaban J connectivity index is 1.24. The number of hydrogen-bond donors (Lipinski definition) is 1. The molecule has 0 amide bonds. The van der Waals surface area contributed by atoms with Crippen molar-refractivity contribution in [3.05, 3.63) is 108 Å². The molecule has 1 N–H and O–H groups in total. The van der Waals surface area contributed by atoms with Crippen molar-refractivity contribution in [1.82, 2.24) is 5.06 Å². The average Bonchev–Trinajstić information content (AvgIpc) is 3.07. The molecular weight excluding hydrogens is 635 g/mol. The van der Waals surface area contributed by atoms with Crippen molar-refractivity contribution in [3.8, 4) is 0 Å². The van der Waals surface area contributed by atoms with Gasteiger partial charge in [-0.2, -0.15) is 5.06 Å². The summed E-state index contributed by atoms with van der Waals surface area (Å²) < 4.78 is 5.95. The molecule has 4 atom stereocenters. The second kappa shape index (κ2) is 13.5. The molecule has 5 nitrogen and oxygen atoms in total. The van der Waals surface area contributed by atoms with E-state index in [1.165, 1.54) is 30.5 Å². The fourth-order valence-electron chi connectivity index (χ4n) is 10.1. The molecule has 0 radical (unpaired) electrons. The molecule has 3 aromatic rings. The summed E-state index contributed by atoms with van der Waals surface area (Å²) in [6.07, 6.45) is 6.44. The largest absolute Gasteiger partial charge is 0.459 e. The summed E-state index contributed by atoms with van der Waals surface area (Å²) in [5.41, 5.74) is 1.80. The number of nitrogens with zero attached hydrogens (tertiary/aromatic N) is 1. The minimum atomic E-state index is -1.70. The molecule has 3 saturated carbocycles. The Labute approximate surface area is 302 Å². The molecule has 268 valence electrons. The molecule has 1 heterocycles. The molecule has 0 spiro atoms. The number of piperidine rings is 1. The number of aliphatic hydroxyl groups is 1. The highest BCUT2D eigenvalue weighted by molar-refractivity contribution is 6.89. The second-order valence-electron chi connectivity index (χ2n) is 18.1. The van der Waals surface area contributed by atoms with E-state index in [0.29, 0.717) is 23.8 Å². The van der Waals surface area contributed by atoms with Crippen LogP contribution in [0.15, 0.2) is 85.4 Å². The summed E-state index contributed by atoms with van der Waals surface area (Å²) in [7, 11) is -1.70. The number of hydrogen-bond acceptors (Lipinski definition) is 5. The van der Waals surface area contributed by atoms with Crippen molar-refractivity contribution in [2.45, 2.75) is 116 Å². The Morgan fingerprint density at radius 3 is 2.10 bits per heavy atom. The van der Waals surface area contributed by atoms with Crippen LogP contribution in [0.3, 0.4) is 0 Å². The van der Waals surface area contributed by atoms with Crippen LogP contribution in [-0.4, -0.2) is 41.9 Å². The molecule has 2 unspecified atom stereocenters. The van der Waals surface area contributed by atoms with Gasteiger partial charge in [0, 0.05) is 23.9 Å². The number of benzene rings is 3. The Morgan fingerprint density at radius 1 is 0.920 bits per heavy atom. The summed E-state index contributed by atoms with van der Waals surface area (Å²) in [5, 5.41) is 15.7. The predicted octanol–water partition coefficient (Wildman–Crippen LogP) is 9.69. The molecule has 3 aliphatic carbocycles. The van der Waals surface area contributed by atoms with Gasteiger partial charge in [-0.3, -0.25) is 4.84 Å². The quantitative estimate of drug-likeness (QED) is 0.160. The fourth-order valence-corrected chi connectivity index (χ4v) is 13.2. The molecule has 4 aliphatic rings. The van der Waals surface area contributed by atoms with E-state index in [1.807, 2.05) is 48.5 Å². The van der Waals surface area contributed by atoms with Gasteiger partial charge in [-0.1, -0.05) is 124 Å². The van der Waals surface area contributed by atoms with Crippen LogP contribution in [0.4, 0.5) is 0 Å². The van der Waals surface area contributed by atoms with Gasteiger partial charge >= 0.3 is 5.97 Å². The summed E-state index contributed by atoms with van der Waals surface area (Å²) in [4.78, 5) is 20.1. The van der Waals surface area contributed by atoms with Crippen LogP contribution >= 0.6 is 0 Å². The highest BCUT2D eigenvalue weighted by Crippen LogP contribution is 2.62. The third-order valence-corrected chi connectivity index (χ3v) is 16.1. The lowest BCUT2D eigenvalue weighted by atomic mass is 9.46. The van der Waals surface area contributed by atoms with Gasteiger partial charge in [-0.05, 0) is 92.5 Å². The van der Waals surface area contributed by atoms with Gasteiger partial charge in [0.05, 0.1) is 19.2 Å². The first-order chi connectivity index (χ1) is 23.4. The van der Waals surface area contributed by atoms with Crippen molar-refractivity contribution in [1.29, 1.82) is 0 Å². The topological polar surface area (TPSA) is 59.0 Å². The van der Waals surface area contributed by atoms with Crippen molar-refractivity contribution in [3.63, 3.8) is 0 Å². The lowest BCUT2D eigenvalue weighted by Crippen LogP contribution is -2.64. The zero-order valence-electron chi connectivity index (χ0n) is 31.7. The minimum Gasteiger partial charge on any atom is -0.459 e. The molecule has 50 heavy (non-hydrogen) atoms. The van der Waals surface area contributed by atoms with Crippen LogP contribution in [0.1, 0.15) is 107 Å². The highest BCUT2D eigenvalue weighted by atomic mass is 28.3. The summed E-state index contributed by atoms with van der Waals surface area (Å²) in [5.74, 6) is 2.25. The fraction of sp³-hybridized carbons (Fsp3) is 0.523. The maximum absolute atomic E-state index is 13.1. The first-order valence-corrected chi connectivity index (χ1v) is 21.9. The molecule has 1 aliphatic heterocycles. The number of rotatable bonds is 11. The number of carbonyl (C=O) groups is 1. The van der Waals surface area contributed by atoms with E-state index in [2.05, 4.69) is 90.5 Å². The van der Waals surface area contributed by atoms with Crippen molar-refractivity contribution in [2.75, 3.05) is 6.61 Å². The average molecular weight is 694 g/mol. The third-order valence-electron chi connectivity index (χ3n) is 12.7. The first kappa shape index (κ1) is 36.7. The van der Waals surface area contributed by atoms with Crippen LogP contribution in [0.25, 0.3) is 6.08 Å². The van der Waals surface area contributed by atoms with Crippen molar-refractivity contribution >= 4 is 25.3 Å². The molecule has 2 bridgehead atoms. The standard InChI is InChI=1S/C44H59NO4Si/c1-10-31-16-21-35(22-17-31)44(47)29-41(2,3)45(42(4,5)30-44)49-39(27-48-40(46)33-14-12-11-13-15-33)32-19-24-37(25-20-32)50(8,9)28-34-18-23-36-26-38(34)43(36,6)7/h10-17,19-22,24-25,34,36,38-39,47H,1,18,23,26-30H2,2-9H3/t34?,36-,38-,39?/m0/s1. The normalized spacial score (nSPS) is 25.6. The van der Waals surface area contributed by atoms with E-state index in [0.717, 1.165) is 34.4 Å². The number of esters is 1. The maximum Gasteiger partial charge on any atom is 0.338 e. The Morgan fingerprint density at radius 2 is 1.54 bits per heavy atom. The van der Waals surface area contributed by atoms with E-state index < -0.39 is 30.9 Å². The van der Waals surface area contributed by atoms with Gasteiger partial charge in [0.2, 0.25) is 0 Å². The lowest BCUT2D eigenvalue weighted by Gasteiger charge is -2.61. The van der Waals surface area contributed by atoms with Crippen molar-refractivity contribution < 1.29 is 19.5 Å².